The summed E-state index contributed by atoms with van der Waals surface area (Å²) in [6, 6.07) is 0. The Morgan fingerprint density at radius 1 is 1.61 bits per heavy atom. The molecule has 1 fully saturated rings. The van der Waals surface area contributed by atoms with E-state index in [2.05, 4.69) is 4.98 Å². The van der Waals surface area contributed by atoms with E-state index in [0.717, 1.165) is 0 Å². The maximum Gasteiger partial charge on any atom is 0.273 e. The Morgan fingerprint density at radius 2 is 2.28 bits per heavy atom. The Kier molecular flexibility index (Phi) is 3.94. The Bertz CT molecular complexity index is 439. The van der Waals surface area contributed by atoms with Gasteiger partial charge in [-0.3, -0.25) is 4.79 Å². The summed E-state index contributed by atoms with van der Waals surface area (Å²) < 4.78 is 5.44. The van der Waals surface area contributed by atoms with Crippen LogP contribution in [0, 0.1) is 0 Å². The Balaban J connectivity index is 2.02. The predicted molar refractivity (Wildman–Crippen MR) is 73.8 cm³/mol. The highest BCUT2D eigenvalue weighted by Crippen LogP contribution is 2.27. The molecule has 0 unspecified atom stereocenters. The standard InChI is InChI=1S/C11H15N3O2S2/c1-16-11(10(12)17)2-4-14(5-3-11)9(15)8-6-18-7-13-8/h6-7H,2-5H2,1H3,(H2,12,17). The van der Waals surface area contributed by atoms with Crippen LogP contribution < -0.4 is 5.73 Å². The molecule has 0 atom stereocenters. The number of nitrogens with two attached hydrogens (primary N) is 1. The highest BCUT2D eigenvalue weighted by molar-refractivity contribution is 7.80. The van der Waals surface area contributed by atoms with Gasteiger partial charge in [0.15, 0.2) is 0 Å². The van der Waals surface area contributed by atoms with Crippen molar-refractivity contribution in [2.45, 2.75) is 18.4 Å². The van der Waals surface area contributed by atoms with Crippen LogP contribution in [0.3, 0.4) is 0 Å². The van der Waals surface area contributed by atoms with E-state index in [-0.39, 0.29) is 5.91 Å². The van der Waals surface area contributed by atoms with Crippen LogP contribution in [0.5, 0.6) is 0 Å². The minimum Gasteiger partial charge on any atom is -0.391 e. The fourth-order valence-electron chi connectivity index (χ4n) is 2.10. The number of nitrogens with zero attached hydrogens (tertiary/aromatic N) is 2. The lowest BCUT2D eigenvalue weighted by Crippen LogP contribution is -2.53. The van der Waals surface area contributed by atoms with E-state index in [1.54, 1.807) is 22.9 Å². The van der Waals surface area contributed by atoms with Gasteiger partial charge < -0.3 is 15.4 Å². The van der Waals surface area contributed by atoms with Crippen LogP contribution >= 0.6 is 23.6 Å². The number of hydrogen-bond donors (Lipinski definition) is 1. The number of carbonyl (C=O) groups excluding carboxylic acids is 1. The van der Waals surface area contributed by atoms with Crippen molar-refractivity contribution in [2.75, 3.05) is 20.2 Å². The van der Waals surface area contributed by atoms with Crippen molar-refractivity contribution in [2.24, 2.45) is 5.73 Å². The number of thiocarbonyl (C=S) groups is 1. The Morgan fingerprint density at radius 3 is 2.72 bits per heavy atom. The van der Waals surface area contributed by atoms with E-state index >= 15 is 0 Å². The van der Waals surface area contributed by atoms with Gasteiger partial charge in [-0.1, -0.05) is 12.2 Å². The van der Waals surface area contributed by atoms with Crippen LogP contribution in [-0.4, -0.2) is 46.6 Å². The van der Waals surface area contributed by atoms with E-state index in [4.69, 9.17) is 22.7 Å². The number of piperidine rings is 1. The SMILES string of the molecule is COC1(C(N)=S)CCN(C(=O)c2cscn2)CC1. The van der Waals surface area contributed by atoms with Gasteiger partial charge in [-0.2, -0.15) is 0 Å². The lowest BCUT2D eigenvalue weighted by atomic mass is 9.91. The summed E-state index contributed by atoms with van der Waals surface area (Å²) in [4.78, 5) is 18.3. The van der Waals surface area contributed by atoms with E-state index < -0.39 is 5.60 Å². The average molecular weight is 285 g/mol. The molecule has 1 aliphatic rings. The first-order valence-electron chi connectivity index (χ1n) is 5.61. The van der Waals surface area contributed by atoms with Gasteiger partial charge in [0.1, 0.15) is 16.3 Å². The van der Waals surface area contributed by atoms with Crippen molar-refractivity contribution in [3.63, 3.8) is 0 Å². The van der Waals surface area contributed by atoms with Gasteiger partial charge in [-0.15, -0.1) is 11.3 Å². The first-order valence-corrected chi connectivity index (χ1v) is 6.97. The molecule has 1 amide bonds. The third kappa shape index (κ3) is 2.38. The van der Waals surface area contributed by atoms with Gasteiger partial charge in [0.25, 0.3) is 5.91 Å². The van der Waals surface area contributed by atoms with Crippen LogP contribution in [0.1, 0.15) is 23.3 Å². The first kappa shape index (κ1) is 13.4. The van der Waals surface area contributed by atoms with Crippen molar-refractivity contribution < 1.29 is 9.53 Å². The van der Waals surface area contributed by atoms with Crippen LogP contribution in [0.4, 0.5) is 0 Å². The quantitative estimate of drug-likeness (QED) is 0.841. The Hall–Kier alpha value is -1.05. The minimum atomic E-state index is -0.561. The lowest BCUT2D eigenvalue weighted by Gasteiger charge is -2.39. The van der Waals surface area contributed by atoms with Gasteiger partial charge in [0.2, 0.25) is 0 Å². The molecule has 0 saturated carbocycles. The monoisotopic (exact) mass is 285 g/mol. The molecule has 0 aromatic carbocycles. The molecular weight excluding hydrogens is 270 g/mol. The van der Waals surface area contributed by atoms with E-state index in [9.17, 15) is 4.79 Å². The molecular formula is C11H15N3O2S2. The highest BCUT2D eigenvalue weighted by atomic mass is 32.1. The second-order valence-corrected chi connectivity index (χ2v) is 5.39. The average Bonchev–Trinajstić information content (AvgIpc) is 2.91. The van der Waals surface area contributed by atoms with Gasteiger partial charge in [0, 0.05) is 38.4 Å². The molecule has 1 saturated heterocycles. The molecule has 1 aliphatic heterocycles. The third-order valence-corrected chi connectivity index (χ3v) is 4.31. The van der Waals surface area contributed by atoms with E-state index in [0.29, 0.717) is 36.6 Å². The maximum atomic E-state index is 12.1. The molecule has 2 rings (SSSR count). The molecule has 98 valence electrons. The molecule has 7 heteroatoms. The smallest absolute Gasteiger partial charge is 0.273 e. The lowest BCUT2D eigenvalue weighted by molar-refractivity contribution is -0.00107. The maximum absolute atomic E-state index is 12.1. The first-order chi connectivity index (χ1) is 8.59. The van der Waals surface area contributed by atoms with E-state index in [1.807, 2.05) is 0 Å². The molecule has 0 radical (unpaired) electrons. The molecule has 2 N–H and O–H groups in total. The number of hydrogen-bond acceptors (Lipinski definition) is 5. The summed E-state index contributed by atoms with van der Waals surface area (Å²) in [7, 11) is 1.61. The van der Waals surface area contributed by atoms with Gasteiger partial charge in [-0.25, -0.2) is 4.98 Å². The number of aromatic nitrogens is 1. The van der Waals surface area contributed by atoms with Crippen molar-refractivity contribution in [3.05, 3.63) is 16.6 Å². The van der Waals surface area contributed by atoms with Crippen LogP contribution in [-0.2, 0) is 4.74 Å². The number of ether oxygens (including phenoxy) is 1. The number of methoxy groups -OCH3 is 1. The number of likely N-dealkylation sites (tertiary alicyclic amines) is 1. The van der Waals surface area contributed by atoms with Crippen LogP contribution in [0.15, 0.2) is 10.9 Å². The van der Waals surface area contributed by atoms with Crippen molar-refractivity contribution in [1.29, 1.82) is 0 Å². The number of carbonyl (C=O) groups is 1. The van der Waals surface area contributed by atoms with Crippen molar-refractivity contribution in [1.82, 2.24) is 9.88 Å². The van der Waals surface area contributed by atoms with Crippen molar-refractivity contribution >= 4 is 34.5 Å². The highest BCUT2D eigenvalue weighted by Gasteiger charge is 2.38. The van der Waals surface area contributed by atoms with Crippen LogP contribution in [0.25, 0.3) is 0 Å². The second-order valence-electron chi connectivity index (χ2n) is 4.23. The van der Waals surface area contributed by atoms with Gasteiger partial charge in [-0.05, 0) is 0 Å². The molecule has 1 aromatic rings. The number of amides is 1. The van der Waals surface area contributed by atoms with Gasteiger partial charge in [0.05, 0.1) is 5.51 Å². The van der Waals surface area contributed by atoms with E-state index in [1.165, 1.54) is 11.3 Å². The zero-order valence-electron chi connectivity index (χ0n) is 10.1. The molecule has 0 aliphatic carbocycles. The number of rotatable bonds is 3. The Labute approximate surface area is 115 Å². The zero-order valence-corrected chi connectivity index (χ0v) is 11.7. The fraction of sp³-hybridized carbons (Fsp3) is 0.545. The summed E-state index contributed by atoms with van der Waals surface area (Å²) in [5.41, 5.74) is 7.32. The zero-order chi connectivity index (χ0) is 13.2. The normalized spacial score (nSPS) is 18.6. The summed E-state index contributed by atoms with van der Waals surface area (Å²) >= 11 is 6.47. The predicted octanol–water partition coefficient (Wildman–Crippen LogP) is 1.05. The van der Waals surface area contributed by atoms with Crippen LogP contribution in [0.2, 0.25) is 0 Å². The van der Waals surface area contributed by atoms with Crippen molar-refractivity contribution in [3.8, 4) is 0 Å². The molecule has 0 spiro atoms. The summed E-state index contributed by atoms with van der Waals surface area (Å²) in [5, 5.41) is 1.76. The minimum absolute atomic E-state index is 0.0381. The fourth-order valence-corrected chi connectivity index (χ4v) is 2.92. The summed E-state index contributed by atoms with van der Waals surface area (Å²) in [5.74, 6) is -0.0381. The molecule has 1 aromatic heterocycles. The summed E-state index contributed by atoms with van der Waals surface area (Å²) in [6.45, 7) is 1.17. The van der Waals surface area contributed by atoms with Gasteiger partial charge >= 0.3 is 0 Å². The molecule has 18 heavy (non-hydrogen) atoms. The molecule has 2 heterocycles. The number of thiazole rings is 1. The summed E-state index contributed by atoms with van der Waals surface area (Å²) in [6.07, 6.45) is 1.27. The molecule has 5 nitrogen and oxygen atoms in total. The third-order valence-electron chi connectivity index (χ3n) is 3.35. The topological polar surface area (TPSA) is 68.5 Å². The molecule has 0 bridgehead atoms. The largest absolute Gasteiger partial charge is 0.391 e. The second kappa shape index (κ2) is 5.29.